The Balaban J connectivity index is 2.54. The summed E-state index contributed by atoms with van der Waals surface area (Å²) in [5.41, 5.74) is 2.72. The maximum absolute atomic E-state index is 12.2. The van der Waals surface area contributed by atoms with Crippen molar-refractivity contribution in [3.8, 4) is 0 Å². The molecule has 19 heavy (non-hydrogen) atoms. The Hall–Kier alpha value is -2.10. The molecule has 0 bridgehead atoms. The Labute approximate surface area is 110 Å². The molecule has 2 aromatic rings. The molecule has 1 aromatic carbocycles. The lowest BCUT2D eigenvalue weighted by Crippen LogP contribution is -2.24. The van der Waals surface area contributed by atoms with Gasteiger partial charge in [0, 0.05) is 17.6 Å². The van der Waals surface area contributed by atoms with Crippen molar-refractivity contribution in [2.45, 2.75) is 32.7 Å². The van der Waals surface area contributed by atoms with Gasteiger partial charge in [0.05, 0.1) is 5.52 Å². The van der Waals surface area contributed by atoms with Crippen LogP contribution in [0.2, 0.25) is 0 Å². The normalized spacial score (nSPS) is 17.7. The first-order valence-corrected chi connectivity index (χ1v) is 6.41. The summed E-state index contributed by atoms with van der Waals surface area (Å²) in [5.74, 6) is -1.16. The van der Waals surface area contributed by atoms with Crippen molar-refractivity contribution in [2.75, 3.05) is 0 Å². The molecule has 3 rings (SSSR count). The summed E-state index contributed by atoms with van der Waals surface area (Å²) in [6.07, 6.45) is 3.41. The highest BCUT2D eigenvalue weighted by molar-refractivity contribution is 5.94. The number of carbonyl (C=O) groups is 1. The fourth-order valence-electron chi connectivity index (χ4n) is 2.93. The number of aromatic nitrogens is 1. The molecule has 0 amide bonds. The standard InChI is InChI=1S/C15H15NO3/c1-8-3-5-11-13-10(8)6-4-9(2)16(13)7-12(14(11)17)15(18)19/h3,5,7,9H,4,6H2,1-2H3,(H,18,19). The summed E-state index contributed by atoms with van der Waals surface area (Å²) >= 11 is 0. The average Bonchev–Trinajstić information content (AvgIpc) is 2.37. The van der Waals surface area contributed by atoms with E-state index in [0.29, 0.717) is 5.39 Å². The second-order valence-corrected chi connectivity index (χ2v) is 5.23. The van der Waals surface area contributed by atoms with Crippen molar-refractivity contribution in [3.63, 3.8) is 0 Å². The van der Waals surface area contributed by atoms with Gasteiger partial charge in [0.1, 0.15) is 5.56 Å². The van der Waals surface area contributed by atoms with Crippen molar-refractivity contribution in [1.82, 2.24) is 4.57 Å². The zero-order chi connectivity index (χ0) is 13.7. The van der Waals surface area contributed by atoms with Gasteiger partial charge in [0.25, 0.3) is 0 Å². The molecule has 1 unspecified atom stereocenters. The van der Waals surface area contributed by atoms with Crippen LogP contribution in [0.4, 0.5) is 0 Å². The van der Waals surface area contributed by atoms with E-state index in [2.05, 4.69) is 6.92 Å². The maximum Gasteiger partial charge on any atom is 0.341 e. The van der Waals surface area contributed by atoms with Crippen LogP contribution >= 0.6 is 0 Å². The van der Waals surface area contributed by atoms with Crippen LogP contribution in [0.25, 0.3) is 10.9 Å². The number of aryl methyl sites for hydroxylation is 2. The molecule has 0 aliphatic carbocycles. The van der Waals surface area contributed by atoms with E-state index >= 15 is 0 Å². The number of carboxylic acid groups (broad SMARTS) is 1. The lowest BCUT2D eigenvalue weighted by Gasteiger charge is -2.27. The van der Waals surface area contributed by atoms with E-state index < -0.39 is 5.97 Å². The molecule has 0 radical (unpaired) electrons. The van der Waals surface area contributed by atoms with Crippen molar-refractivity contribution < 1.29 is 9.90 Å². The SMILES string of the molecule is Cc1ccc2c(=O)c(C(=O)O)cn3c2c1CCC3C. The van der Waals surface area contributed by atoms with Crippen molar-refractivity contribution in [3.05, 3.63) is 45.2 Å². The van der Waals surface area contributed by atoms with Gasteiger partial charge in [0.15, 0.2) is 0 Å². The Bertz CT molecular complexity index is 758. The van der Waals surface area contributed by atoms with Crippen LogP contribution in [0.3, 0.4) is 0 Å². The van der Waals surface area contributed by atoms with Crippen LogP contribution in [0.15, 0.2) is 23.1 Å². The molecule has 0 spiro atoms. The lowest BCUT2D eigenvalue weighted by atomic mass is 9.93. The Morgan fingerprint density at radius 2 is 2.16 bits per heavy atom. The smallest absolute Gasteiger partial charge is 0.341 e. The molecule has 0 saturated heterocycles. The number of rotatable bonds is 1. The second kappa shape index (κ2) is 3.95. The Kier molecular flexibility index (Phi) is 2.49. The van der Waals surface area contributed by atoms with Crippen LogP contribution in [0, 0.1) is 6.92 Å². The first-order chi connectivity index (χ1) is 9.00. The number of nitrogens with zero attached hydrogens (tertiary/aromatic N) is 1. The fourth-order valence-corrected chi connectivity index (χ4v) is 2.93. The number of hydrogen-bond acceptors (Lipinski definition) is 2. The maximum atomic E-state index is 12.2. The zero-order valence-electron chi connectivity index (χ0n) is 10.9. The molecule has 1 atom stereocenters. The van der Waals surface area contributed by atoms with Gasteiger partial charge in [-0.05, 0) is 43.9 Å². The molecule has 4 heteroatoms. The monoisotopic (exact) mass is 257 g/mol. The van der Waals surface area contributed by atoms with Gasteiger partial charge in [-0.25, -0.2) is 4.79 Å². The van der Waals surface area contributed by atoms with Gasteiger partial charge >= 0.3 is 5.97 Å². The molecule has 2 heterocycles. The van der Waals surface area contributed by atoms with E-state index in [4.69, 9.17) is 5.11 Å². The van der Waals surface area contributed by atoms with Crippen molar-refractivity contribution >= 4 is 16.9 Å². The minimum Gasteiger partial charge on any atom is -0.477 e. The van der Waals surface area contributed by atoms with Crippen LogP contribution in [0.5, 0.6) is 0 Å². The third kappa shape index (κ3) is 1.59. The average molecular weight is 257 g/mol. The van der Waals surface area contributed by atoms with Gasteiger partial charge in [-0.3, -0.25) is 4.79 Å². The molecule has 1 aliphatic rings. The molecule has 0 saturated carbocycles. The van der Waals surface area contributed by atoms with E-state index in [1.807, 2.05) is 17.6 Å². The van der Waals surface area contributed by atoms with Crippen LogP contribution in [-0.2, 0) is 6.42 Å². The molecule has 0 fully saturated rings. The van der Waals surface area contributed by atoms with Gasteiger partial charge in [-0.1, -0.05) is 6.07 Å². The van der Waals surface area contributed by atoms with Crippen LogP contribution < -0.4 is 5.43 Å². The predicted octanol–water partition coefficient (Wildman–Crippen LogP) is 2.52. The molecular weight excluding hydrogens is 242 g/mol. The topological polar surface area (TPSA) is 59.3 Å². The minimum absolute atomic E-state index is 0.143. The molecule has 1 aliphatic heterocycles. The third-order valence-corrected chi connectivity index (χ3v) is 4.05. The number of carboxylic acids is 1. The van der Waals surface area contributed by atoms with E-state index in [1.165, 1.54) is 11.8 Å². The number of benzene rings is 1. The summed E-state index contributed by atoms with van der Waals surface area (Å²) in [6.45, 7) is 4.09. The van der Waals surface area contributed by atoms with E-state index in [0.717, 1.165) is 23.9 Å². The molecule has 4 nitrogen and oxygen atoms in total. The summed E-state index contributed by atoms with van der Waals surface area (Å²) in [4.78, 5) is 23.4. The summed E-state index contributed by atoms with van der Waals surface area (Å²) in [6, 6.07) is 3.87. The number of hydrogen-bond donors (Lipinski definition) is 1. The number of aromatic carboxylic acids is 1. The Morgan fingerprint density at radius 1 is 1.42 bits per heavy atom. The quantitative estimate of drug-likeness (QED) is 0.854. The molecule has 98 valence electrons. The first-order valence-electron chi connectivity index (χ1n) is 6.41. The molecular formula is C15H15NO3. The highest BCUT2D eigenvalue weighted by Gasteiger charge is 2.23. The molecule has 1 aromatic heterocycles. The van der Waals surface area contributed by atoms with Crippen LogP contribution in [-0.4, -0.2) is 15.6 Å². The van der Waals surface area contributed by atoms with Crippen molar-refractivity contribution in [2.24, 2.45) is 0 Å². The van der Waals surface area contributed by atoms with Gasteiger partial charge in [-0.2, -0.15) is 0 Å². The van der Waals surface area contributed by atoms with Gasteiger partial charge in [0.2, 0.25) is 5.43 Å². The molecule has 1 N–H and O–H groups in total. The van der Waals surface area contributed by atoms with E-state index in [9.17, 15) is 9.59 Å². The zero-order valence-corrected chi connectivity index (χ0v) is 10.9. The summed E-state index contributed by atoms with van der Waals surface area (Å²) in [5, 5.41) is 9.68. The van der Waals surface area contributed by atoms with Crippen LogP contribution in [0.1, 0.15) is 40.9 Å². The van der Waals surface area contributed by atoms with Crippen molar-refractivity contribution in [1.29, 1.82) is 0 Å². The predicted molar refractivity (Wildman–Crippen MR) is 72.9 cm³/mol. The van der Waals surface area contributed by atoms with Gasteiger partial charge in [-0.15, -0.1) is 0 Å². The lowest BCUT2D eigenvalue weighted by molar-refractivity contribution is 0.0694. The van der Waals surface area contributed by atoms with Gasteiger partial charge < -0.3 is 9.67 Å². The summed E-state index contributed by atoms with van der Waals surface area (Å²) < 4.78 is 1.95. The Morgan fingerprint density at radius 3 is 2.84 bits per heavy atom. The highest BCUT2D eigenvalue weighted by Crippen LogP contribution is 2.31. The fraction of sp³-hybridized carbons (Fsp3) is 0.333. The highest BCUT2D eigenvalue weighted by atomic mass is 16.4. The van der Waals surface area contributed by atoms with E-state index in [-0.39, 0.29) is 17.0 Å². The number of pyridine rings is 1. The second-order valence-electron chi connectivity index (χ2n) is 5.23. The van der Waals surface area contributed by atoms with E-state index in [1.54, 1.807) is 6.07 Å². The largest absolute Gasteiger partial charge is 0.477 e. The first kappa shape index (κ1) is 12.0. The summed E-state index contributed by atoms with van der Waals surface area (Å²) in [7, 11) is 0. The third-order valence-electron chi connectivity index (χ3n) is 4.05. The minimum atomic E-state index is -1.16.